The molecule has 0 unspecified atom stereocenters. The lowest BCUT2D eigenvalue weighted by Crippen LogP contribution is -2.31. The summed E-state index contributed by atoms with van der Waals surface area (Å²) in [5.41, 5.74) is 1.66. The van der Waals surface area contributed by atoms with Crippen LogP contribution in [-0.4, -0.2) is 32.9 Å². The molecule has 1 saturated carbocycles. The molecule has 21 heavy (non-hydrogen) atoms. The molecule has 0 radical (unpaired) electrons. The van der Waals surface area contributed by atoms with E-state index in [1.165, 1.54) is 6.33 Å². The van der Waals surface area contributed by atoms with Gasteiger partial charge in [0.2, 0.25) is 11.8 Å². The number of aromatic nitrogens is 3. The van der Waals surface area contributed by atoms with Crippen LogP contribution in [0.3, 0.4) is 0 Å². The number of nitrogens with one attached hydrogen (secondary N) is 1. The first-order valence-corrected chi connectivity index (χ1v) is 7.54. The molecule has 1 aliphatic carbocycles. The van der Waals surface area contributed by atoms with Crippen molar-refractivity contribution in [3.05, 3.63) is 18.1 Å². The molecular formula is C14H16ClF2N3O. The predicted molar refractivity (Wildman–Crippen MR) is 76.1 cm³/mol. The van der Waals surface area contributed by atoms with E-state index in [0.717, 1.165) is 10.9 Å². The minimum atomic E-state index is -2.56. The third-order valence-corrected chi connectivity index (χ3v) is 4.01. The van der Waals surface area contributed by atoms with Gasteiger partial charge in [-0.1, -0.05) is 0 Å². The number of aromatic amines is 1. The van der Waals surface area contributed by atoms with Crippen molar-refractivity contribution >= 4 is 22.6 Å². The Balaban J connectivity index is 1.82. The second-order valence-corrected chi connectivity index (χ2v) is 5.71. The monoisotopic (exact) mass is 315 g/mol. The molecule has 0 amide bonds. The standard InChI is InChI=1S/C14H16ClF2N3O/c15-6-3-9-7-18-12-11(9)13(20-8-19-12)21-10-1-4-14(16,17)5-2-10/h7-8,10H,1-6H2,(H,18,19,20). The number of H-pyrrole nitrogens is 1. The lowest BCUT2D eigenvalue weighted by atomic mass is 9.94. The van der Waals surface area contributed by atoms with Gasteiger partial charge in [-0.05, 0) is 24.8 Å². The highest BCUT2D eigenvalue weighted by Gasteiger charge is 2.36. The van der Waals surface area contributed by atoms with Gasteiger partial charge in [0.1, 0.15) is 18.1 Å². The van der Waals surface area contributed by atoms with Crippen molar-refractivity contribution in [2.45, 2.75) is 44.1 Å². The van der Waals surface area contributed by atoms with Gasteiger partial charge >= 0.3 is 0 Å². The predicted octanol–water partition coefficient (Wildman–Crippen LogP) is 3.70. The van der Waals surface area contributed by atoms with E-state index in [1.807, 2.05) is 6.20 Å². The SMILES string of the molecule is FC1(F)CCC(Oc2ncnc3[nH]cc(CCCl)c23)CC1. The summed E-state index contributed by atoms with van der Waals surface area (Å²) in [6, 6.07) is 0. The molecule has 1 fully saturated rings. The molecule has 3 rings (SSSR count). The number of hydrogen-bond acceptors (Lipinski definition) is 3. The van der Waals surface area contributed by atoms with Crippen molar-refractivity contribution in [3.8, 4) is 5.88 Å². The topological polar surface area (TPSA) is 50.8 Å². The van der Waals surface area contributed by atoms with E-state index in [4.69, 9.17) is 16.3 Å². The first-order valence-electron chi connectivity index (χ1n) is 7.00. The van der Waals surface area contributed by atoms with Gasteiger partial charge in [0, 0.05) is 24.9 Å². The van der Waals surface area contributed by atoms with E-state index in [0.29, 0.717) is 36.7 Å². The van der Waals surface area contributed by atoms with Crippen LogP contribution in [0.1, 0.15) is 31.2 Å². The molecule has 1 aliphatic rings. The Kier molecular flexibility index (Phi) is 3.97. The number of halogens is 3. The van der Waals surface area contributed by atoms with Crippen molar-refractivity contribution < 1.29 is 13.5 Å². The quantitative estimate of drug-likeness (QED) is 0.875. The van der Waals surface area contributed by atoms with Gasteiger partial charge in [0.05, 0.1) is 5.39 Å². The molecule has 7 heteroatoms. The molecule has 0 saturated heterocycles. The van der Waals surface area contributed by atoms with Crippen LogP contribution in [0.5, 0.6) is 5.88 Å². The summed E-state index contributed by atoms with van der Waals surface area (Å²) in [4.78, 5) is 11.4. The lowest BCUT2D eigenvalue weighted by molar-refractivity contribution is -0.0586. The maximum atomic E-state index is 13.2. The molecule has 0 aliphatic heterocycles. The highest BCUT2D eigenvalue weighted by atomic mass is 35.5. The minimum absolute atomic E-state index is 0.131. The number of rotatable bonds is 4. The summed E-state index contributed by atoms with van der Waals surface area (Å²) in [5, 5.41) is 0.801. The van der Waals surface area contributed by atoms with Crippen LogP contribution >= 0.6 is 11.6 Å². The Bertz CT molecular complexity index is 622. The van der Waals surface area contributed by atoms with Crippen LogP contribution < -0.4 is 4.74 Å². The van der Waals surface area contributed by atoms with Crippen LogP contribution in [0.25, 0.3) is 11.0 Å². The first kappa shape index (κ1) is 14.5. The maximum Gasteiger partial charge on any atom is 0.248 e. The van der Waals surface area contributed by atoms with Crippen molar-refractivity contribution in [3.63, 3.8) is 0 Å². The molecule has 0 bridgehead atoms. The summed E-state index contributed by atoms with van der Waals surface area (Å²) in [6.45, 7) is 0. The van der Waals surface area contributed by atoms with Crippen LogP contribution in [0.2, 0.25) is 0 Å². The zero-order valence-corrected chi connectivity index (χ0v) is 12.2. The van der Waals surface area contributed by atoms with Crippen molar-refractivity contribution in [2.75, 3.05) is 5.88 Å². The number of ether oxygens (including phenoxy) is 1. The highest BCUT2D eigenvalue weighted by Crippen LogP contribution is 2.35. The number of aryl methyl sites for hydroxylation is 1. The van der Waals surface area contributed by atoms with Crippen molar-refractivity contribution in [1.82, 2.24) is 15.0 Å². The Hall–Kier alpha value is -1.43. The molecule has 0 aromatic carbocycles. The second kappa shape index (κ2) is 5.75. The van der Waals surface area contributed by atoms with E-state index in [2.05, 4.69) is 15.0 Å². The van der Waals surface area contributed by atoms with Crippen molar-refractivity contribution in [2.24, 2.45) is 0 Å². The Morgan fingerprint density at radius 1 is 1.33 bits per heavy atom. The normalized spacial score (nSPS) is 19.0. The zero-order chi connectivity index (χ0) is 14.9. The Morgan fingerprint density at radius 3 is 2.81 bits per heavy atom. The van der Waals surface area contributed by atoms with E-state index >= 15 is 0 Å². The van der Waals surface area contributed by atoms with Crippen LogP contribution in [0.15, 0.2) is 12.5 Å². The summed E-state index contributed by atoms with van der Waals surface area (Å²) in [7, 11) is 0. The van der Waals surface area contributed by atoms with Crippen molar-refractivity contribution in [1.29, 1.82) is 0 Å². The Morgan fingerprint density at radius 2 is 2.10 bits per heavy atom. The lowest BCUT2D eigenvalue weighted by Gasteiger charge is -2.28. The Labute approximate surface area is 125 Å². The van der Waals surface area contributed by atoms with Gasteiger partial charge in [0.25, 0.3) is 0 Å². The van der Waals surface area contributed by atoms with Crippen LogP contribution in [0, 0.1) is 0 Å². The fourth-order valence-corrected chi connectivity index (χ4v) is 2.88. The molecule has 114 valence electrons. The molecule has 2 aromatic heterocycles. The third kappa shape index (κ3) is 3.10. The van der Waals surface area contributed by atoms with E-state index in [9.17, 15) is 8.78 Å². The molecular weight excluding hydrogens is 300 g/mol. The number of alkyl halides is 3. The van der Waals surface area contributed by atoms with Crippen LogP contribution in [0.4, 0.5) is 8.78 Å². The molecule has 0 spiro atoms. The smallest absolute Gasteiger partial charge is 0.248 e. The van der Waals surface area contributed by atoms with Gasteiger partial charge in [-0.3, -0.25) is 0 Å². The van der Waals surface area contributed by atoms with E-state index < -0.39 is 5.92 Å². The average molecular weight is 316 g/mol. The van der Waals surface area contributed by atoms with Gasteiger partial charge in [-0.2, -0.15) is 0 Å². The molecule has 2 aromatic rings. The minimum Gasteiger partial charge on any atom is -0.474 e. The average Bonchev–Trinajstić information content (AvgIpc) is 2.86. The summed E-state index contributed by atoms with van der Waals surface area (Å²) >= 11 is 5.79. The van der Waals surface area contributed by atoms with Crippen LogP contribution in [-0.2, 0) is 6.42 Å². The number of fused-ring (bicyclic) bond motifs is 1. The molecule has 2 heterocycles. The van der Waals surface area contributed by atoms with Gasteiger partial charge < -0.3 is 9.72 Å². The fraction of sp³-hybridized carbons (Fsp3) is 0.571. The summed E-state index contributed by atoms with van der Waals surface area (Å²) in [6.07, 6.45) is 4.12. The third-order valence-electron chi connectivity index (χ3n) is 3.82. The molecule has 1 N–H and O–H groups in total. The zero-order valence-electron chi connectivity index (χ0n) is 11.4. The molecule has 0 atom stereocenters. The van der Waals surface area contributed by atoms with Gasteiger partial charge in [-0.15, -0.1) is 11.6 Å². The fourth-order valence-electron chi connectivity index (χ4n) is 2.67. The van der Waals surface area contributed by atoms with Gasteiger partial charge in [0.15, 0.2) is 0 Å². The summed E-state index contributed by atoms with van der Waals surface area (Å²) in [5.74, 6) is -1.62. The number of nitrogens with zero attached hydrogens (tertiary/aromatic N) is 2. The first-order chi connectivity index (χ1) is 10.1. The number of hydrogen-bond donors (Lipinski definition) is 1. The second-order valence-electron chi connectivity index (χ2n) is 5.33. The van der Waals surface area contributed by atoms with E-state index in [-0.39, 0.29) is 18.9 Å². The summed E-state index contributed by atoms with van der Waals surface area (Å²) < 4.78 is 32.2. The van der Waals surface area contributed by atoms with E-state index in [1.54, 1.807) is 0 Å². The highest BCUT2D eigenvalue weighted by molar-refractivity contribution is 6.18. The molecule has 4 nitrogen and oxygen atoms in total. The van der Waals surface area contributed by atoms with Gasteiger partial charge in [-0.25, -0.2) is 18.7 Å². The maximum absolute atomic E-state index is 13.2. The largest absolute Gasteiger partial charge is 0.474 e.